The number of nitrogens with zero attached hydrogens (tertiary/aromatic N) is 3. The van der Waals surface area contributed by atoms with Crippen LogP contribution in [0, 0.1) is 17.0 Å². The Labute approximate surface area is 209 Å². The molecular weight excluding hydrogens is 466 g/mol. The summed E-state index contributed by atoms with van der Waals surface area (Å²) in [6.45, 7) is 10.2. The summed E-state index contributed by atoms with van der Waals surface area (Å²) in [6, 6.07) is 7.55. The first-order valence-corrected chi connectivity index (χ1v) is 11.9. The fourth-order valence-electron chi connectivity index (χ4n) is 4.37. The summed E-state index contributed by atoms with van der Waals surface area (Å²) in [5.41, 5.74) is 0.564. The molecule has 0 aromatic heterocycles. The van der Waals surface area contributed by atoms with E-state index in [4.69, 9.17) is 4.74 Å². The quantitative estimate of drug-likeness (QED) is 0.167. The topological polar surface area (TPSA) is 133 Å². The summed E-state index contributed by atoms with van der Waals surface area (Å²) in [5, 5.41) is 32.7. The zero-order valence-corrected chi connectivity index (χ0v) is 20.9. The van der Waals surface area contributed by atoms with Gasteiger partial charge >= 0.3 is 5.69 Å². The molecular formula is C26H31N3O7. The van der Waals surface area contributed by atoms with Gasteiger partial charge in [-0.15, -0.1) is 0 Å². The van der Waals surface area contributed by atoms with Gasteiger partial charge in [-0.2, -0.15) is 0 Å². The predicted molar refractivity (Wildman–Crippen MR) is 134 cm³/mol. The highest BCUT2D eigenvalue weighted by molar-refractivity contribution is 6.46. The number of nitro groups is 1. The Morgan fingerprint density at radius 3 is 2.42 bits per heavy atom. The third-order valence-corrected chi connectivity index (χ3v) is 6.35. The van der Waals surface area contributed by atoms with Crippen LogP contribution in [0.2, 0.25) is 0 Å². The monoisotopic (exact) mass is 497 g/mol. The zero-order valence-electron chi connectivity index (χ0n) is 20.9. The minimum atomic E-state index is -1.06. The van der Waals surface area contributed by atoms with Crippen molar-refractivity contribution in [3.8, 4) is 11.5 Å². The van der Waals surface area contributed by atoms with Crippen LogP contribution in [0.4, 0.5) is 5.69 Å². The van der Waals surface area contributed by atoms with E-state index in [2.05, 4.69) is 4.90 Å². The Kier molecular flexibility index (Phi) is 8.31. The van der Waals surface area contributed by atoms with Gasteiger partial charge in [0.05, 0.1) is 23.1 Å². The lowest BCUT2D eigenvalue weighted by Gasteiger charge is -2.28. The maximum atomic E-state index is 13.2. The van der Waals surface area contributed by atoms with E-state index in [9.17, 15) is 29.9 Å². The van der Waals surface area contributed by atoms with Gasteiger partial charge in [0.15, 0.2) is 5.75 Å². The standard InChI is InChI=1S/C26H31N3O7/c1-5-27(6-2)12-13-28-23(17-8-10-20(30)19(15-17)29(34)35)22(25(32)26(28)33)24(31)18-9-11-21(36-7-3)16(4)14-18/h8-11,14-15,23,30-31H,5-7,12-13H2,1-4H3/b24-22-. The largest absolute Gasteiger partial charge is 0.507 e. The number of aliphatic hydroxyl groups is 1. The van der Waals surface area contributed by atoms with E-state index < -0.39 is 34.1 Å². The molecule has 0 aliphatic carbocycles. The SMILES string of the molecule is CCOc1ccc(/C(O)=C2/C(=O)C(=O)N(CCN(CC)CC)C2c2ccc(O)c([N+](=O)[O-])c2)cc1C. The summed E-state index contributed by atoms with van der Waals surface area (Å²) in [4.78, 5) is 40.5. The number of carbonyl (C=O) groups is 2. The molecule has 0 bridgehead atoms. The number of aliphatic hydroxyl groups excluding tert-OH is 1. The molecule has 10 heteroatoms. The first kappa shape index (κ1) is 26.7. The molecule has 1 amide bonds. The van der Waals surface area contributed by atoms with Gasteiger partial charge in [0.2, 0.25) is 0 Å². The van der Waals surface area contributed by atoms with Gasteiger partial charge in [-0.05, 0) is 62.3 Å². The maximum Gasteiger partial charge on any atom is 0.311 e. The van der Waals surface area contributed by atoms with Crippen LogP contribution >= 0.6 is 0 Å². The van der Waals surface area contributed by atoms with E-state index in [1.165, 1.54) is 11.0 Å². The summed E-state index contributed by atoms with van der Waals surface area (Å²) in [7, 11) is 0. The predicted octanol–water partition coefficient (Wildman–Crippen LogP) is 3.77. The van der Waals surface area contributed by atoms with Gasteiger partial charge in [-0.25, -0.2) is 0 Å². The van der Waals surface area contributed by atoms with Gasteiger partial charge in [-0.1, -0.05) is 19.9 Å². The minimum absolute atomic E-state index is 0.164. The third kappa shape index (κ3) is 5.18. The van der Waals surface area contributed by atoms with Crippen molar-refractivity contribution in [2.24, 2.45) is 0 Å². The normalized spacial score (nSPS) is 17.1. The van der Waals surface area contributed by atoms with Crippen LogP contribution < -0.4 is 4.74 Å². The molecule has 1 aliphatic rings. The molecule has 0 spiro atoms. The smallest absolute Gasteiger partial charge is 0.311 e. The molecule has 1 fully saturated rings. The summed E-state index contributed by atoms with van der Waals surface area (Å²) >= 11 is 0. The van der Waals surface area contributed by atoms with Gasteiger partial charge in [0.25, 0.3) is 11.7 Å². The number of phenolic OH excluding ortho intramolecular Hbond substituents is 1. The lowest BCUT2D eigenvalue weighted by atomic mass is 9.94. The molecule has 0 saturated carbocycles. The van der Waals surface area contributed by atoms with Crippen LogP contribution in [0.5, 0.6) is 11.5 Å². The lowest BCUT2D eigenvalue weighted by Crippen LogP contribution is -2.38. The number of hydrogen-bond acceptors (Lipinski definition) is 8. The number of amides is 1. The first-order chi connectivity index (χ1) is 17.1. The van der Waals surface area contributed by atoms with E-state index in [0.717, 1.165) is 30.8 Å². The number of rotatable bonds is 10. The second-order valence-corrected chi connectivity index (χ2v) is 8.44. The highest BCUT2D eigenvalue weighted by atomic mass is 16.6. The molecule has 1 aliphatic heterocycles. The Hall–Kier alpha value is -3.92. The average Bonchev–Trinajstić information content (AvgIpc) is 3.10. The number of carbonyl (C=O) groups excluding carboxylic acids is 2. The number of hydrogen-bond donors (Lipinski definition) is 2. The molecule has 1 atom stereocenters. The van der Waals surface area contributed by atoms with Crippen LogP contribution in [0.25, 0.3) is 5.76 Å². The summed E-state index contributed by atoms with van der Waals surface area (Å²) in [5.74, 6) is -1.97. The van der Waals surface area contributed by atoms with Gasteiger partial charge in [0, 0.05) is 24.7 Å². The lowest BCUT2D eigenvalue weighted by molar-refractivity contribution is -0.385. The number of likely N-dealkylation sites (tertiary alicyclic amines) is 1. The second kappa shape index (κ2) is 11.2. The molecule has 192 valence electrons. The highest BCUT2D eigenvalue weighted by Crippen LogP contribution is 2.42. The molecule has 2 aromatic rings. The molecule has 1 heterocycles. The Morgan fingerprint density at radius 2 is 1.83 bits per heavy atom. The number of likely N-dealkylation sites (N-methyl/N-ethyl adjacent to an activating group) is 1. The molecule has 1 saturated heterocycles. The van der Waals surface area contributed by atoms with Crippen LogP contribution in [-0.4, -0.2) is 69.4 Å². The van der Waals surface area contributed by atoms with Gasteiger partial charge in [-0.3, -0.25) is 19.7 Å². The highest BCUT2D eigenvalue weighted by Gasteiger charge is 2.46. The first-order valence-electron chi connectivity index (χ1n) is 11.9. The van der Waals surface area contributed by atoms with E-state index in [-0.39, 0.29) is 23.4 Å². The number of phenols is 1. The number of aromatic hydroxyl groups is 1. The van der Waals surface area contributed by atoms with Crippen LogP contribution in [0.3, 0.4) is 0 Å². The van der Waals surface area contributed by atoms with Gasteiger partial charge < -0.3 is 24.7 Å². The summed E-state index contributed by atoms with van der Waals surface area (Å²) in [6.07, 6.45) is 0. The maximum absolute atomic E-state index is 13.2. The Bertz CT molecular complexity index is 1200. The minimum Gasteiger partial charge on any atom is -0.507 e. The molecule has 0 radical (unpaired) electrons. The van der Waals surface area contributed by atoms with E-state index >= 15 is 0 Å². The van der Waals surface area contributed by atoms with Crippen molar-refractivity contribution in [3.05, 3.63) is 68.8 Å². The van der Waals surface area contributed by atoms with Crippen LogP contribution in [0.15, 0.2) is 42.0 Å². The zero-order chi connectivity index (χ0) is 26.6. The number of nitro benzene ring substituents is 1. The van der Waals surface area contributed by atoms with E-state index in [1.807, 2.05) is 20.8 Å². The van der Waals surface area contributed by atoms with Crippen molar-refractivity contribution in [2.45, 2.75) is 33.7 Å². The molecule has 2 aromatic carbocycles. The Morgan fingerprint density at radius 1 is 1.14 bits per heavy atom. The van der Waals surface area contributed by atoms with E-state index in [1.54, 1.807) is 25.1 Å². The van der Waals surface area contributed by atoms with E-state index in [0.29, 0.717) is 24.5 Å². The molecule has 3 rings (SSSR count). The number of ether oxygens (including phenoxy) is 1. The number of Topliss-reactive ketones (excluding diaryl/α,β-unsaturated/α-hetero) is 1. The molecule has 36 heavy (non-hydrogen) atoms. The van der Waals surface area contributed by atoms with Crippen molar-refractivity contribution < 1.29 is 29.5 Å². The van der Waals surface area contributed by atoms with Gasteiger partial charge in [0.1, 0.15) is 11.5 Å². The summed E-state index contributed by atoms with van der Waals surface area (Å²) < 4.78 is 5.55. The fourth-order valence-corrected chi connectivity index (χ4v) is 4.37. The number of benzene rings is 2. The number of aryl methyl sites for hydroxylation is 1. The van der Waals surface area contributed by atoms with Crippen molar-refractivity contribution in [3.63, 3.8) is 0 Å². The molecule has 10 nitrogen and oxygen atoms in total. The van der Waals surface area contributed by atoms with Crippen LogP contribution in [-0.2, 0) is 9.59 Å². The third-order valence-electron chi connectivity index (χ3n) is 6.35. The van der Waals surface area contributed by atoms with Crippen molar-refractivity contribution in [1.29, 1.82) is 0 Å². The van der Waals surface area contributed by atoms with Crippen molar-refractivity contribution in [2.75, 3.05) is 32.8 Å². The van der Waals surface area contributed by atoms with Crippen molar-refractivity contribution >= 4 is 23.1 Å². The van der Waals surface area contributed by atoms with Crippen molar-refractivity contribution in [1.82, 2.24) is 9.80 Å². The Balaban J connectivity index is 2.17. The molecule has 2 N–H and O–H groups in total. The van der Waals surface area contributed by atoms with Crippen LogP contribution in [0.1, 0.15) is 43.5 Å². The average molecular weight is 498 g/mol. The number of ketones is 1. The second-order valence-electron chi connectivity index (χ2n) is 8.44. The fraction of sp³-hybridized carbons (Fsp3) is 0.385. The molecule has 1 unspecified atom stereocenters.